The van der Waals surface area contributed by atoms with Crippen molar-refractivity contribution in [3.8, 4) is 28.7 Å². The molecule has 14 nitrogen and oxygen atoms in total. The summed E-state index contributed by atoms with van der Waals surface area (Å²) in [6, 6.07) is 24.6. The fourth-order valence-corrected chi connectivity index (χ4v) is 10.6. The van der Waals surface area contributed by atoms with Gasteiger partial charge in [0.2, 0.25) is 18.5 Å². The van der Waals surface area contributed by atoms with Crippen molar-refractivity contribution < 1.29 is 48.5 Å². The van der Waals surface area contributed by atoms with Crippen molar-refractivity contribution in [2.75, 3.05) is 39.5 Å². The Balaban J connectivity index is 1.32. The summed E-state index contributed by atoms with van der Waals surface area (Å²) in [5.74, 6) is 0.450. The molecule has 6 unspecified atom stereocenters. The number of non-ortho nitro benzene ring substituents is 1. The number of oxime groups is 1. The van der Waals surface area contributed by atoms with Crippen LogP contribution in [0.15, 0.2) is 125 Å². The molecule has 4 aromatic rings. The lowest BCUT2D eigenvalue weighted by Crippen LogP contribution is -2.70. The number of benzene rings is 4. The van der Waals surface area contributed by atoms with Crippen LogP contribution in [0, 0.1) is 27.9 Å². The number of unbranched alkanes of at least 4 members (excludes halogenated alkanes) is 2. The van der Waals surface area contributed by atoms with Crippen molar-refractivity contribution in [1.29, 1.82) is 0 Å². The molecule has 0 aromatic heterocycles. The molecule has 2 aliphatic heterocycles. The summed E-state index contributed by atoms with van der Waals surface area (Å²) in [6.07, 6.45) is 13.8. The zero-order valence-corrected chi connectivity index (χ0v) is 39.3. The molecular formula is C53H59N3O11S. The normalized spacial score (nSPS) is 22.7. The predicted octanol–water partition coefficient (Wildman–Crippen LogP) is 10.2. The van der Waals surface area contributed by atoms with E-state index in [4.69, 9.17) is 33.7 Å². The van der Waals surface area contributed by atoms with Crippen molar-refractivity contribution in [2.24, 2.45) is 22.9 Å². The van der Waals surface area contributed by atoms with Crippen LogP contribution in [0.4, 0.5) is 5.69 Å². The lowest BCUT2D eigenvalue weighted by Gasteiger charge is -2.60. The number of aliphatic hydroxyl groups excluding tert-OH is 2. The summed E-state index contributed by atoms with van der Waals surface area (Å²) in [7, 11) is 0. The van der Waals surface area contributed by atoms with Gasteiger partial charge in [0.1, 0.15) is 29.9 Å². The maximum atomic E-state index is 15.2. The first-order valence-electron chi connectivity index (χ1n) is 23.3. The summed E-state index contributed by atoms with van der Waals surface area (Å²) in [6.45, 7) is 6.67. The van der Waals surface area contributed by atoms with Gasteiger partial charge in [-0.1, -0.05) is 36.2 Å². The summed E-state index contributed by atoms with van der Waals surface area (Å²) in [5.41, 5.74) is 3.82. The van der Waals surface area contributed by atoms with E-state index in [1.54, 1.807) is 40.9 Å². The number of nitro groups is 1. The van der Waals surface area contributed by atoms with Gasteiger partial charge in [-0.2, -0.15) is 0 Å². The Morgan fingerprint density at radius 1 is 0.956 bits per heavy atom. The second kappa shape index (κ2) is 22.3. The van der Waals surface area contributed by atoms with E-state index in [1.807, 2.05) is 67.8 Å². The van der Waals surface area contributed by atoms with Crippen molar-refractivity contribution in [3.05, 3.63) is 142 Å². The highest BCUT2D eigenvalue weighted by molar-refractivity contribution is 7.98. The molecule has 2 heterocycles. The molecule has 4 aliphatic rings. The molecular weight excluding hydrogens is 887 g/mol. The van der Waals surface area contributed by atoms with E-state index in [0.29, 0.717) is 59.5 Å². The van der Waals surface area contributed by atoms with Gasteiger partial charge in [-0.3, -0.25) is 14.9 Å². The van der Waals surface area contributed by atoms with Gasteiger partial charge in [-0.15, -0.1) is 18.3 Å². The van der Waals surface area contributed by atoms with Gasteiger partial charge in [0, 0.05) is 60.8 Å². The zero-order valence-electron chi connectivity index (χ0n) is 38.5. The number of carbonyl (C=O) groups is 1. The van der Waals surface area contributed by atoms with Crippen LogP contribution in [0.1, 0.15) is 74.5 Å². The largest absolute Gasteiger partial charge is 0.459 e. The SMILES string of the molecule is C=CCOC12Oc3ccc(Oc4ccc(SC)cc4)cc3C3C(CCCCO)C(CCCCO)C=C(C(=NOCC)CC1N(Cc1ccc4c(c1)OCO4)C(=O)C=Cc1ccc([N+](=O)[O-])cc1)C32. The van der Waals surface area contributed by atoms with E-state index in [2.05, 4.69) is 18.7 Å². The first-order chi connectivity index (χ1) is 33.2. The van der Waals surface area contributed by atoms with Crippen molar-refractivity contribution in [3.63, 3.8) is 0 Å². The topological polar surface area (TPSA) is 172 Å². The second-order valence-electron chi connectivity index (χ2n) is 17.3. The number of fused-ring (bicyclic) bond motifs is 3. The van der Waals surface area contributed by atoms with Gasteiger partial charge < -0.3 is 43.6 Å². The van der Waals surface area contributed by atoms with Gasteiger partial charge in [0.25, 0.3) is 5.69 Å². The molecule has 358 valence electrons. The minimum Gasteiger partial charge on any atom is -0.459 e. The lowest BCUT2D eigenvalue weighted by molar-refractivity contribution is -0.384. The van der Waals surface area contributed by atoms with Gasteiger partial charge in [0.15, 0.2) is 11.5 Å². The number of allylic oxidation sites excluding steroid dienone is 1. The maximum Gasteiger partial charge on any atom is 0.269 e. The van der Waals surface area contributed by atoms with Crippen LogP contribution in [0.3, 0.4) is 0 Å². The van der Waals surface area contributed by atoms with Crippen molar-refractivity contribution >= 4 is 35.1 Å². The summed E-state index contributed by atoms with van der Waals surface area (Å²) in [5, 5.41) is 36.3. The van der Waals surface area contributed by atoms with E-state index in [0.717, 1.165) is 47.3 Å². The van der Waals surface area contributed by atoms with Crippen molar-refractivity contribution in [1.82, 2.24) is 4.90 Å². The fourth-order valence-electron chi connectivity index (χ4n) is 10.2. The van der Waals surface area contributed by atoms with Crippen LogP contribution in [-0.4, -0.2) is 83.0 Å². The lowest BCUT2D eigenvalue weighted by atomic mass is 9.55. The minimum absolute atomic E-state index is 0.00611. The number of amides is 1. The molecule has 4 aromatic carbocycles. The summed E-state index contributed by atoms with van der Waals surface area (Å²) < 4.78 is 32.6. The molecule has 2 aliphatic carbocycles. The third-order valence-corrected chi connectivity index (χ3v) is 14.0. The minimum atomic E-state index is -1.52. The van der Waals surface area contributed by atoms with Crippen LogP contribution < -0.4 is 18.9 Å². The molecule has 0 bridgehead atoms. The highest BCUT2D eigenvalue weighted by Crippen LogP contribution is 2.62. The van der Waals surface area contributed by atoms with Crippen LogP contribution in [-0.2, 0) is 20.9 Å². The Morgan fingerprint density at radius 2 is 1.69 bits per heavy atom. The van der Waals surface area contributed by atoms with Crippen LogP contribution in [0.25, 0.3) is 6.08 Å². The number of carbonyl (C=O) groups excluding carboxylic acids is 1. The van der Waals surface area contributed by atoms with E-state index in [-0.39, 0.29) is 68.9 Å². The van der Waals surface area contributed by atoms with E-state index < -0.39 is 22.7 Å². The number of thioether (sulfide) groups is 1. The number of hydrogen-bond acceptors (Lipinski definition) is 13. The first-order valence-corrected chi connectivity index (χ1v) is 24.6. The third-order valence-electron chi connectivity index (χ3n) is 13.2. The molecule has 8 rings (SSSR count). The Kier molecular flexibility index (Phi) is 15.9. The molecule has 1 saturated carbocycles. The Bertz CT molecular complexity index is 2510. The monoisotopic (exact) mass is 945 g/mol. The van der Waals surface area contributed by atoms with E-state index in [9.17, 15) is 20.3 Å². The van der Waals surface area contributed by atoms with Crippen LogP contribution >= 0.6 is 11.8 Å². The second-order valence-corrected chi connectivity index (χ2v) is 18.2. The van der Waals surface area contributed by atoms with E-state index in [1.165, 1.54) is 18.2 Å². The average molecular weight is 946 g/mol. The molecule has 1 amide bonds. The van der Waals surface area contributed by atoms with Crippen LogP contribution in [0.2, 0.25) is 0 Å². The third kappa shape index (κ3) is 10.5. The van der Waals surface area contributed by atoms with Gasteiger partial charge in [0.05, 0.1) is 23.2 Å². The van der Waals surface area contributed by atoms with Crippen molar-refractivity contribution in [2.45, 2.75) is 81.1 Å². The molecule has 68 heavy (non-hydrogen) atoms. The Morgan fingerprint density at radius 3 is 2.41 bits per heavy atom. The molecule has 2 N–H and O–H groups in total. The Hall–Kier alpha value is -6.13. The molecule has 1 fully saturated rings. The van der Waals surface area contributed by atoms with Crippen LogP contribution in [0.5, 0.6) is 28.7 Å². The highest BCUT2D eigenvalue weighted by Gasteiger charge is 2.65. The number of rotatable bonds is 22. The Labute approximate surface area is 401 Å². The predicted molar refractivity (Wildman–Crippen MR) is 260 cm³/mol. The first kappa shape index (κ1) is 48.3. The number of nitro benzene ring substituents is 1. The quantitative estimate of drug-likeness (QED) is 0.0191. The number of ether oxygens (including phenoxy) is 5. The highest BCUT2D eigenvalue weighted by atomic mass is 32.2. The molecule has 6 atom stereocenters. The van der Waals surface area contributed by atoms with E-state index >= 15 is 4.79 Å². The molecule has 15 heteroatoms. The van der Waals surface area contributed by atoms with Gasteiger partial charge in [-0.25, -0.2) is 0 Å². The number of aliphatic hydroxyl groups is 2. The fraction of sp³-hybridized carbons (Fsp3) is 0.396. The standard InChI is InChI=1S/C53H59N3O11S/c1-4-28-64-53-49(55(33-36-14-23-47-48(29-36)63-34-62-47)50(59)25-15-35-12-16-38(17-13-35)56(60)61)32-45(54-65-5-2)43-30-37(10-6-8-26-57)42(11-7-9-27-58)51(52(43)53)44-31-40(20-24-46(44)67-53)66-39-18-21-41(68-3)22-19-39/h4,12-25,29-31,37,42,49,51-52,57-58H,1,5-11,26-28,32-34H2,2-3H3. The number of hydrogen-bond donors (Lipinski definition) is 2. The average Bonchev–Trinajstić information content (AvgIpc) is 3.83. The molecule has 0 spiro atoms. The summed E-state index contributed by atoms with van der Waals surface area (Å²) in [4.78, 5) is 35.0. The summed E-state index contributed by atoms with van der Waals surface area (Å²) >= 11 is 1.66. The molecule has 0 radical (unpaired) electrons. The zero-order chi connectivity index (χ0) is 47.6. The molecule has 0 saturated heterocycles. The number of nitrogens with zero attached hydrogens (tertiary/aromatic N) is 3. The van der Waals surface area contributed by atoms with Gasteiger partial charge >= 0.3 is 0 Å². The smallest absolute Gasteiger partial charge is 0.269 e. The van der Waals surface area contributed by atoms with Gasteiger partial charge in [-0.05, 0) is 140 Å². The maximum absolute atomic E-state index is 15.2.